The number of benzene rings is 1. The van der Waals surface area contributed by atoms with E-state index in [4.69, 9.17) is 45.9 Å². The van der Waals surface area contributed by atoms with Gasteiger partial charge in [0, 0.05) is 75.8 Å². The highest BCUT2D eigenvalue weighted by Gasteiger charge is 2.40. The van der Waals surface area contributed by atoms with Crippen LogP contribution in [0.2, 0.25) is 0 Å². The molecule has 0 fully saturated rings. The quantitative estimate of drug-likeness (QED) is 0.0249. The molecule has 14 atom stereocenters. The van der Waals surface area contributed by atoms with Crippen LogP contribution in [0.25, 0.3) is 0 Å². The third-order valence-corrected chi connectivity index (χ3v) is 23.6. The highest BCUT2D eigenvalue weighted by atomic mass is 32.2. The lowest BCUT2D eigenvalue weighted by Crippen LogP contribution is -2.52. The third-order valence-electron chi connectivity index (χ3n) is 23.0. The number of hydrogen-bond acceptors (Lipinski definition) is 25. The Balaban J connectivity index is 3.69. The molecule has 0 radical (unpaired) electrons. The summed E-state index contributed by atoms with van der Waals surface area (Å²) >= 11 is 1.26. The summed E-state index contributed by atoms with van der Waals surface area (Å²) in [6, 6.07) is -3.88. The van der Waals surface area contributed by atoms with Crippen LogP contribution >= 0.6 is 11.8 Å². The van der Waals surface area contributed by atoms with E-state index in [1.165, 1.54) is 87.4 Å². The molecule has 1 rings (SSSR count). The van der Waals surface area contributed by atoms with E-state index >= 15 is 0 Å². The average Bonchev–Trinajstić information content (AvgIpc) is 0.845. The van der Waals surface area contributed by atoms with Gasteiger partial charge in [0.2, 0.25) is 47.3 Å². The molecular formula is C92H161N17O20S. The number of aliphatic imine (C=N–C) groups is 2. The number of phenols is 1. The second kappa shape index (κ2) is 69.8. The van der Waals surface area contributed by atoms with Crippen molar-refractivity contribution in [2.45, 2.75) is 334 Å². The molecule has 38 heteroatoms. The van der Waals surface area contributed by atoms with Gasteiger partial charge < -0.3 is 109 Å². The van der Waals surface area contributed by atoms with Crippen molar-refractivity contribution in [1.29, 1.82) is 0 Å². The first-order chi connectivity index (χ1) is 61.8. The second-order valence-electron chi connectivity index (χ2n) is 35.4. The van der Waals surface area contributed by atoms with Gasteiger partial charge in [-0.15, -0.1) is 0 Å². The number of nitrogens with zero attached hydrogens (tertiary/aromatic N) is 2. The van der Waals surface area contributed by atoms with Gasteiger partial charge in [-0.25, -0.2) is 0 Å². The maximum atomic E-state index is 14.9. The van der Waals surface area contributed by atoms with Crippen molar-refractivity contribution >= 4 is 112 Å². The maximum Gasteiger partial charge on any atom is 0.305 e. The van der Waals surface area contributed by atoms with Gasteiger partial charge in [0.15, 0.2) is 46.6 Å². The minimum Gasteiger partial charge on any atom is -0.508 e. The summed E-state index contributed by atoms with van der Waals surface area (Å²) in [7, 11) is 0. The molecular weight excluding hydrogens is 1700 g/mol. The Morgan fingerprint density at radius 2 is 0.762 bits per heavy atom. The Bertz CT molecular complexity index is 3640. The van der Waals surface area contributed by atoms with E-state index in [0.717, 1.165) is 32.6 Å². The lowest BCUT2D eigenvalue weighted by molar-refractivity contribution is -0.142. The molecule has 0 aliphatic carbocycles. The van der Waals surface area contributed by atoms with Crippen LogP contribution in [0.5, 0.6) is 5.75 Å². The van der Waals surface area contributed by atoms with E-state index in [1.54, 1.807) is 20.1 Å². The van der Waals surface area contributed by atoms with Gasteiger partial charge in [0.25, 0.3) is 0 Å². The molecule has 37 nitrogen and oxygen atoms in total. The molecule has 0 heterocycles. The number of carboxylic acid groups (broad SMARTS) is 1. The number of ketones is 6. The minimum absolute atomic E-state index is 0.00460. The fraction of sp³-hybridized carbons (Fsp3) is 0.750. The van der Waals surface area contributed by atoms with Crippen LogP contribution in [0.1, 0.15) is 285 Å². The first-order valence-electron chi connectivity index (χ1n) is 47.0. The topological polar surface area (TPSA) is 674 Å². The SMILES string of the molecule is CCCCCCCCCCCCCCCC(=O)N[C@@H](CCCCN)C(=O)N[C@@H](CCCCN)C(=O)C[C@@H](CC(C)C)C(=O)N[C@@H](CCCN=C(N)N)C(=O)C[C@@H](CO)C(=O)N[C@@H](CCSC)C(=O)C[C@H](C(=O)N[C@@H](CC(=O)O)C(=O)C[C@@H](CCCCN)C(=O)N[C@@H](Cc1ccc(O)cc1)C(=O)C[C@@H](CCCN=C(N)N)C(=O)N[C@H](CC(C)C)C(=O)C[C@@H](CO)C(N)=O)[C@@H](C)O. The maximum absolute atomic E-state index is 14.9. The summed E-state index contributed by atoms with van der Waals surface area (Å²) in [6.07, 6.45) is 13.1. The van der Waals surface area contributed by atoms with E-state index in [2.05, 4.69) is 54.1 Å². The Labute approximate surface area is 773 Å². The number of thioether (sulfide) groups is 1. The molecule has 0 aliphatic rings. The number of unbranched alkanes of at least 4 members (excludes halogenated alkanes) is 15. The predicted molar refractivity (Wildman–Crippen MR) is 502 cm³/mol. The number of carboxylic acids is 1. The average molecular weight is 1860 g/mol. The van der Waals surface area contributed by atoms with Crippen LogP contribution in [0, 0.1) is 47.3 Å². The smallest absolute Gasteiger partial charge is 0.305 e. The lowest BCUT2D eigenvalue weighted by atomic mass is 9.87. The van der Waals surface area contributed by atoms with Crippen molar-refractivity contribution in [3.05, 3.63) is 29.8 Å². The van der Waals surface area contributed by atoms with E-state index in [-0.39, 0.29) is 151 Å². The largest absolute Gasteiger partial charge is 0.508 e. The Morgan fingerprint density at radius 1 is 0.385 bits per heavy atom. The number of aliphatic hydroxyl groups excluding tert-OH is 3. The van der Waals surface area contributed by atoms with Crippen molar-refractivity contribution in [3.63, 3.8) is 0 Å². The number of aliphatic carboxylic acids is 1. The number of nitrogens with two attached hydrogens (primary N) is 8. The van der Waals surface area contributed by atoms with Crippen molar-refractivity contribution in [2.75, 3.05) is 57.9 Å². The van der Waals surface area contributed by atoms with Gasteiger partial charge in [-0.05, 0) is 177 Å². The van der Waals surface area contributed by atoms with Gasteiger partial charge in [-0.2, -0.15) is 11.8 Å². The summed E-state index contributed by atoms with van der Waals surface area (Å²) < 4.78 is 0. The van der Waals surface area contributed by atoms with Gasteiger partial charge in [-0.1, -0.05) is 130 Å². The molecule has 740 valence electrons. The van der Waals surface area contributed by atoms with Crippen molar-refractivity contribution in [3.8, 4) is 5.75 Å². The number of aromatic hydroxyl groups is 1. The van der Waals surface area contributed by atoms with E-state index in [9.17, 15) is 97.5 Å². The first-order valence-corrected chi connectivity index (χ1v) is 48.4. The van der Waals surface area contributed by atoms with Crippen LogP contribution in [0.3, 0.4) is 0 Å². The van der Waals surface area contributed by atoms with E-state index in [0.29, 0.717) is 57.2 Å². The molecule has 130 heavy (non-hydrogen) atoms. The number of rotatable bonds is 80. The fourth-order valence-electron chi connectivity index (χ4n) is 15.3. The van der Waals surface area contributed by atoms with Crippen molar-refractivity contribution in [2.24, 2.45) is 103 Å². The summed E-state index contributed by atoms with van der Waals surface area (Å²) in [6.45, 7) is 9.69. The van der Waals surface area contributed by atoms with Crippen LogP contribution in [0.4, 0.5) is 0 Å². The number of aliphatic hydroxyl groups is 3. The second-order valence-corrected chi connectivity index (χ2v) is 36.3. The number of nitrogens with one attached hydrogen (secondary N) is 7. The Morgan fingerprint density at radius 3 is 1.23 bits per heavy atom. The number of Topliss-reactive ketones (excluding diaryl/α,β-unsaturated/α-hetero) is 6. The number of guanidine groups is 2. The molecule has 0 aliphatic heterocycles. The number of carbonyl (C=O) groups is 15. The Hall–Kier alpha value is -9.08. The van der Waals surface area contributed by atoms with Crippen LogP contribution in [-0.2, 0) is 78.3 Å². The lowest BCUT2D eigenvalue weighted by Gasteiger charge is -2.27. The predicted octanol–water partition coefficient (Wildman–Crippen LogP) is 3.93. The zero-order chi connectivity index (χ0) is 97.6. The minimum atomic E-state index is -1.92. The van der Waals surface area contributed by atoms with Crippen LogP contribution < -0.4 is 83.1 Å². The van der Waals surface area contributed by atoms with Gasteiger partial charge in [-0.3, -0.25) is 81.9 Å². The molecule has 0 bridgehead atoms. The molecule has 8 amide bonds. The highest BCUT2D eigenvalue weighted by Crippen LogP contribution is 2.26. The number of hydrogen-bond donors (Lipinski definition) is 20. The monoisotopic (exact) mass is 1860 g/mol. The Kier molecular flexibility index (Phi) is 63.8. The summed E-state index contributed by atoms with van der Waals surface area (Å²) in [5, 5.41) is 71.3. The molecule has 0 unspecified atom stereocenters. The number of carbonyl (C=O) groups excluding carboxylic acids is 14. The van der Waals surface area contributed by atoms with Gasteiger partial charge in [0.05, 0.1) is 79.7 Å². The van der Waals surface area contributed by atoms with Gasteiger partial charge >= 0.3 is 5.97 Å². The molecule has 0 aromatic heterocycles. The van der Waals surface area contributed by atoms with Crippen molar-refractivity contribution < 1.29 is 97.5 Å². The normalized spacial score (nSPS) is 14.6. The van der Waals surface area contributed by atoms with E-state index < -0.39 is 218 Å². The molecule has 0 saturated heterocycles. The summed E-state index contributed by atoms with van der Waals surface area (Å²) in [4.78, 5) is 220. The zero-order valence-corrected chi connectivity index (χ0v) is 79.2. The van der Waals surface area contributed by atoms with Gasteiger partial charge in [0.1, 0.15) is 11.8 Å². The summed E-state index contributed by atoms with van der Waals surface area (Å²) in [5.41, 5.74) is 45.8. The number of phenolic OH excluding ortho intramolecular Hbond substituents is 1. The number of amides is 8. The van der Waals surface area contributed by atoms with Crippen LogP contribution in [-0.4, -0.2) is 232 Å². The molecule has 1 aromatic carbocycles. The molecule has 0 saturated carbocycles. The molecule has 28 N–H and O–H groups in total. The van der Waals surface area contributed by atoms with Crippen LogP contribution in [0.15, 0.2) is 34.3 Å². The third kappa shape index (κ3) is 52.8. The molecule has 1 aromatic rings. The van der Waals surface area contributed by atoms with E-state index in [1.807, 2.05) is 13.8 Å². The zero-order valence-electron chi connectivity index (χ0n) is 78.4. The molecule has 0 spiro atoms. The fourth-order valence-corrected chi connectivity index (χ4v) is 15.8. The summed E-state index contributed by atoms with van der Waals surface area (Å²) in [5.74, 6) is -21.4. The highest BCUT2D eigenvalue weighted by molar-refractivity contribution is 7.98. The standard InChI is InChI=1S/C92H161N17O20S/c1-8-9-10-11-12-13-14-15-16-17-18-19-20-34-82(120)103-72(32-23-26-42-95)90(129)106-69(31-22-25-41-94)76(114)51-64(46-58(2)3)87(126)104-70(33-28-44-102-92(99)100)77(115)53-66(57-111)88(127)105-71(39-45-130-7)81(119)54-68(60(6)112)89(128)109-75(55-83(121)122)79(117)49-62(29-21-24-40-93)85(124)108-74(48-61-35-37-67(113)38-36-61)78(116)50-63(30-27-43-101-91(97)98)86(125)107-73(47-59(4)5)80(118)52-65(56-110)84(96)123/h35-38,58-60,62-66,68-75,110-113H,8-34,39-57,93-95H2,1-7H3,(H2,96,123)(H,103,120)(H,104,126)(H,105,127)(H,106,129)(H,107,125)(H,108,124)(H,109,128)(H,121,122)(H4,97,98,101)(H4,99,100,102)/t60-,62-,63-,64-,65+,66+,68+,69+,70+,71+,72+,73-,74+,75+/m1/s1. The first kappa shape index (κ1) is 119. The number of primary amides is 1. The van der Waals surface area contributed by atoms with Crippen molar-refractivity contribution in [1.82, 2.24) is 37.2 Å².